The molecule has 7 heteroatoms. The minimum atomic E-state index is -0.401. The van der Waals surface area contributed by atoms with Gasteiger partial charge in [0.25, 0.3) is 5.69 Å². The predicted molar refractivity (Wildman–Crippen MR) is 77.7 cm³/mol. The minimum Gasteiger partial charge on any atom is -0.356 e. The summed E-state index contributed by atoms with van der Waals surface area (Å²) in [6.07, 6.45) is 2.32. The first-order valence-electron chi connectivity index (χ1n) is 5.63. The Balaban J connectivity index is 1.97. The number of anilines is 1. The molecular weight excluding hydrogens is 270 g/mol. The van der Waals surface area contributed by atoms with E-state index in [1.54, 1.807) is 18.2 Å². The third kappa shape index (κ3) is 3.11. The molecule has 2 rings (SSSR count). The van der Waals surface area contributed by atoms with Crippen LogP contribution in [-0.4, -0.2) is 27.2 Å². The van der Waals surface area contributed by atoms with Crippen LogP contribution in [0.2, 0.25) is 0 Å². The van der Waals surface area contributed by atoms with Crippen LogP contribution >= 0.6 is 24.2 Å². The molecule has 0 bridgehead atoms. The van der Waals surface area contributed by atoms with E-state index in [-0.39, 0.29) is 5.69 Å². The van der Waals surface area contributed by atoms with E-state index in [0.29, 0.717) is 5.69 Å². The van der Waals surface area contributed by atoms with Crippen molar-refractivity contribution in [2.45, 2.75) is 12.8 Å². The summed E-state index contributed by atoms with van der Waals surface area (Å²) >= 11 is 6.54. The van der Waals surface area contributed by atoms with Crippen molar-refractivity contribution < 1.29 is 4.92 Å². The summed E-state index contributed by atoms with van der Waals surface area (Å²) in [4.78, 5) is 12.5. The van der Waals surface area contributed by atoms with Crippen molar-refractivity contribution >= 4 is 39.9 Å². The molecule has 1 aromatic rings. The summed E-state index contributed by atoms with van der Waals surface area (Å²) in [7, 11) is 0. The number of hydrogen-bond donors (Lipinski definition) is 1. The van der Waals surface area contributed by atoms with Gasteiger partial charge >= 0.3 is 0 Å². The van der Waals surface area contributed by atoms with Gasteiger partial charge in [-0.25, -0.2) is 0 Å². The maximum absolute atomic E-state index is 10.8. The van der Waals surface area contributed by atoms with Crippen LogP contribution < -0.4 is 4.72 Å². The molecule has 0 atom stereocenters. The summed E-state index contributed by atoms with van der Waals surface area (Å²) in [5, 5.41) is 10.8. The third-order valence-electron chi connectivity index (χ3n) is 2.71. The highest BCUT2D eigenvalue weighted by atomic mass is 32.2. The van der Waals surface area contributed by atoms with Gasteiger partial charge in [-0.1, -0.05) is 24.4 Å². The Labute approximate surface area is 115 Å². The summed E-state index contributed by atoms with van der Waals surface area (Å²) in [5.41, 5.74) is 0.545. The predicted octanol–water partition coefficient (Wildman–Crippen LogP) is 3.04. The van der Waals surface area contributed by atoms with Gasteiger partial charge in [-0.3, -0.25) is 10.1 Å². The van der Waals surface area contributed by atoms with E-state index < -0.39 is 4.92 Å². The van der Waals surface area contributed by atoms with Crippen molar-refractivity contribution in [3.63, 3.8) is 0 Å². The molecule has 1 N–H and O–H groups in total. The average Bonchev–Trinajstić information content (AvgIpc) is 2.90. The summed E-state index contributed by atoms with van der Waals surface area (Å²) in [6, 6.07) is 6.56. The summed E-state index contributed by atoms with van der Waals surface area (Å²) < 4.78 is 3.70. The molecular formula is C11H13N3O2S2. The molecule has 1 aliphatic rings. The van der Waals surface area contributed by atoms with Crippen molar-refractivity contribution in [3.8, 4) is 0 Å². The molecule has 1 aromatic carbocycles. The first kappa shape index (κ1) is 13.1. The van der Waals surface area contributed by atoms with Crippen LogP contribution in [0.4, 0.5) is 11.4 Å². The van der Waals surface area contributed by atoms with Gasteiger partial charge in [0.05, 0.1) is 4.92 Å². The highest BCUT2D eigenvalue weighted by Gasteiger charge is 2.17. The number of para-hydroxylation sites is 2. The number of nitro benzene ring substituents is 1. The SMILES string of the molecule is O=[N+]([O-])c1ccccc1NSC(=S)N1CCCC1. The molecule has 0 amide bonds. The number of nitro groups is 1. The van der Waals surface area contributed by atoms with Crippen LogP contribution in [0, 0.1) is 10.1 Å². The molecule has 0 aliphatic carbocycles. The van der Waals surface area contributed by atoms with Crippen LogP contribution in [0.1, 0.15) is 12.8 Å². The second-order valence-electron chi connectivity index (χ2n) is 3.94. The molecule has 1 saturated heterocycles. The Bertz CT molecular complexity index is 461. The maximum atomic E-state index is 10.8. The zero-order chi connectivity index (χ0) is 13.0. The Hall–Kier alpha value is -1.34. The van der Waals surface area contributed by atoms with Crippen molar-refractivity contribution in [2.24, 2.45) is 0 Å². The number of thiocarbonyl (C=S) groups is 1. The quantitative estimate of drug-likeness (QED) is 0.398. The van der Waals surface area contributed by atoms with E-state index in [9.17, 15) is 10.1 Å². The molecule has 96 valence electrons. The van der Waals surface area contributed by atoms with E-state index in [1.165, 1.54) is 18.0 Å². The number of rotatable bonds is 3. The zero-order valence-corrected chi connectivity index (χ0v) is 11.3. The zero-order valence-electron chi connectivity index (χ0n) is 9.67. The molecule has 0 aromatic heterocycles. The van der Waals surface area contributed by atoms with Crippen molar-refractivity contribution in [3.05, 3.63) is 34.4 Å². The van der Waals surface area contributed by atoms with Gasteiger partial charge in [-0.2, -0.15) is 0 Å². The molecule has 1 aliphatic heterocycles. The van der Waals surface area contributed by atoms with Crippen LogP contribution in [0.25, 0.3) is 0 Å². The largest absolute Gasteiger partial charge is 0.356 e. The Morgan fingerprint density at radius 3 is 2.72 bits per heavy atom. The highest BCUT2D eigenvalue weighted by molar-refractivity contribution is 8.23. The lowest BCUT2D eigenvalue weighted by atomic mass is 10.3. The summed E-state index contributed by atoms with van der Waals surface area (Å²) in [6.45, 7) is 1.95. The lowest BCUT2D eigenvalue weighted by Gasteiger charge is -2.17. The standard InChI is InChI=1S/C11H13N3O2S2/c15-14(16)10-6-2-1-5-9(10)12-18-11(17)13-7-3-4-8-13/h1-2,5-6,12H,3-4,7-8H2. The van der Waals surface area contributed by atoms with Gasteiger partial charge in [0.1, 0.15) is 5.69 Å². The van der Waals surface area contributed by atoms with Gasteiger partial charge in [0, 0.05) is 31.1 Å². The fourth-order valence-corrected chi connectivity index (χ4v) is 2.77. The molecule has 0 unspecified atom stereocenters. The lowest BCUT2D eigenvalue weighted by Crippen LogP contribution is -2.24. The third-order valence-corrected chi connectivity index (χ3v) is 3.98. The number of nitrogens with one attached hydrogen (secondary N) is 1. The van der Waals surface area contributed by atoms with Crippen LogP contribution in [0.5, 0.6) is 0 Å². The van der Waals surface area contributed by atoms with Gasteiger partial charge in [-0.15, -0.1) is 0 Å². The lowest BCUT2D eigenvalue weighted by molar-refractivity contribution is -0.383. The molecule has 0 spiro atoms. The van der Waals surface area contributed by atoms with E-state index in [0.717, 1.165) is 30.3 Å². The molecule has 0 radical (unpaired) electrons. The molecule has 18 heavy (non-hydrogen) atoms. The average molecular weight is 283 g/mol. The van der Waals surface area contributed by atoms with Crippen molar-refractivity contribution in [2.75, 3.05) is 17.8 Å². The van der Waals surface area contributed by atoms with Gasteiger partial charge < -0.3 is 9.62 Å². The molecule has 5 nitrogen and oxygen atoms in total. The number of nitrogens with zero attached hydrogens (tertiary/aromatic N) is 2. The highest BCUT2D eigenvalue weighted by Crippen LogP contribution is 2.27. The normalized spacial score (nSPS) is 14.6. The summed E-state index contributed by atoms with van der Waals surface area (Å²) in [5.74, 6) is 0. The monoisotopic (exact) mass is 283 g/mol. The van der Waals surface area contributed by atoms with Gasteiger partial charge in [0.15, 0.2) is 4.32 Å². The molecule has 1 heterocycles. The Morgan fingerprint density at radius 2 is 2.06 bits per heavy atom. The first-order chi connectivity index (χ1) is 8.68. The number of likely N-dealkylation sites (tertiary alicyclic amines) is 1. The van der Waals surface area contributed by atoms with E-state index >= 15 is 0 Å². The van der Waals surface area contributed by atoms with Crippen molar-refractivity contribution in [1.29, 1.82) is 0 Å². The van der Waals surface area contributed by atoms with Crippen LogP contribution in [0.15, 0.2) is 24.3 Å². The fourth-order valence-electron chi connectivity index (χ4n) is 1.78. The second-order valence-corrected chi connectivity index (χ2v) is 5.38. The smallest absolute Gasteiger partial charge is 0.293 e. The van der Waals surface area contributed by atoms with Crippen molar-refractivity contribution in [1.82, 2.24) is 4.90 Å². The topological polar surface area (TPSA) is 58.4 Å². The van der Waals surface area contributed by atoms with E-state index in [4.69, 9.17) is 12.2 Å². The van der Waals surface area contributed by atoms with Gasteiger partial charge in [0.2, 0.25) is 0 Å². The minimum absolute atomic E-state index is 0.0641. The number of benzene rings is 1. The molecule has 0 saturated carbocycles. The van der Waals surface area contributed by atoms with Crippen LogP contribution in [0.3, 0.4) is 0 Å². The van der Waals surface area contributed by atoms with Crippen LogP contribution in [-0.2, 0) is 0 Å². The van der Waals surface area contributed by atoms with E-state index in [2.05, 4.69) is 9.62 Å². The Morgan fingerprint density at radius 1 is 1.39 bits per heavy atom. The molecule has 1 fully saturated rings. The van der Waals surface area contributed by atoms with E-state index in [1.807, 2.05) is 0 Å². The first-order valence-corrected chi connectivity index (χ1v) is 6.86. The maximum Gasteiger partial charge on any atom is 0.293 e. The fraction of sp³-hybridized carbons (Fsp3) is 0.364. The van der Waals surface area contributed by atoms with Gasteiger partial charge in [-0.05, 0) is 18.9 Å². The Kier molecular flexibility index (Phi) is 4.38. The second kappa shape index (κ2) is 6.01. The number of hydrogen-bond acceptors (Lipinski definition) is 5.